The van der Waals surface area contributed by atoms with Gasteiger partial charge in [-0.3, -0.25) is 4.79 Å². The molecule has 0 saturated heterocycles. The Morgan fingerprint density at radius 2 is 1.08 bits per heavy atom. The topological polar surface area (TPSA) is 54.4 Å². The molecule has 0 aliphatic heterocycles. The molecule has 0 heterocycles. The van der Waals surface area contributed by atoms with E-state index in [1.807, 2.05) is 0 Å². The van der Waals surface area contributed by atoms with Gasteiger partial charge in [-0.1, -0.05) is 104 Å². The summed E-state index contributed by atoms with van der Waals surface area (Å²) in [6.07, 6.45) is 20.9. The number of Topliss-reactive ketones (excluding diaryl/α,β-unsaturated/α-hetero) is 1. The molecule has 0 amide bonds. The maximum absolute atomic E-state index is 11.5. The third-order valence-corrected chi connectivity index (χ3v) is 4.75. The Labute approximate surface area is 178 Å². The van der Waals surface area contributed by atoms with Crippen LogP contribution < -0.4 is 29.6 Å². The molecule has 0 bridgehead atoms. The van der Waals surface area contributed by atoms with Crippen LogP contribution in [0.3, 0.4) is 0 Å². The van der Waals surface area contributed by atoms with Gasteiger partial charge in [-0.15, -0.1) is 0 Å². The second-order valence-corrected chi connectivity index (χ2v) is 7.30. The second-order valence-electron chi connectivity index (χ2n) is 7.30. The Bertz CT molecular complexity index is 316. The number of hydrogen-bond donors (Lipinski definition) is 1. The van der Waals surface area contributed by atoms with Gasteiger partial charge in [0.05, 0.1) is 0 Å². The number of hydrogen-bond acceptors (Lipinski definition) is 3. The molecule has 4 heteroatoms. The number of unbranched alkanes of at least 4 members (excludes halogenated alkanes) is 14. The van der Waals surface area contributed by atoms with Crippen molar-refractivity contribution >= 4 is 12.1 Å². The van der Waals surface area contributed by atoms with Crippen molar-refractivity contribution in [2.24, 2.45) is 0 Å². The number of aliphatic hydroxyl groups is 1. The summed E-state index contributed by atoms with van der Waals surface area (Å²) in [7, 11) is 0. The summed E-state index contributed by atoms with van der Waals surface area (Å²) < 4.78 is 0. The Morgan fingerprint density at radius 1 is 0.760 bits per heavy atom. The van der Waals surface area contributed by atoms with Crippen LogP contribution in [0.4, 0.5) is 0 Å². The summed E-state index contributed by atoms with van der Waals surface area (Å²) in [5.41, 5.74) is -1.91. The molecule has 0 aromatic carbocycles. The van der Waals surface area contributed by atoms with Gasteiger partial charge in [0.2, 0.25) is 0 Å². The van der Waals surface area contributed by atoms with E-state index in [-0.39, 0.29) is 36.0 Å². The molecule has 1 N–H and O–H groups in total. The molecule has 1 unspecified atom stereocenters. The van der Waals surface area contributed by atoms with Crippen LogP contribution in [0.15, 0.2) is 0 Å². The van der Waals surface area contributed by atoms with Crippen molar-refractivity contribution in [1.82, 2.24) is 0 Å². The molecular formula is C21H39NaO3. The average molecular weight is 363 g/mol. The van der Waals surface area contributed by atoms with Crippen LogP contribution in [0.2, 0.25) is 0 Å². The predicted octanol–water partition coefficient (Wildman–Crippen LogP) is 2.68. The van der Waals surface area contributed by atoms with Crippen LogP contribution in [0.5, 0.6) is 0 Å². The molecule has 0 aromatic rings. The van der Waals surface area contributed by atoms with E-state index < -0.39 is 11.4 Å². The van der Waals surface area contributed by atoms with Gasteiger partial charge in [-0.2, -0.15) is 0 Å². The van der Waals surface area contributed by atoms with Gasteiger partial charge >= 0.3 is 29.6 Å². The zero-order chi connectivity index (χ0) is 18.1. The Hall–Kier alpha value is 0.300. The van der Waals surface area contributed by atoms with E-state index in [9.17, 15) is 14.7 Å². The molecule has 3 nitrogen and oxygen atoms in total. The van der Waals surface area contributed by atoms with Crippen molar-refractivity contribution in [3.8, 4) is 0 Å². The third kappa shape index (κ3) is 17.5. The van der Waals surface area contributed by atoms with Gasteiger partial charge < -0.3 is 9.90 Å². The number of ketones is 1. The smallest absolute Gasteiger partial charge is 0.539 e. The third-order valence-electron chi connectivity index (χ3n) is 4.75. The monoisotopic (exact) mass is 362 g/mol. The standard InChI is InChI=1S/C21H39O3.Na/c1-3-4-5-6-7-8-9-10-11-12-13-14-15-16-17-18-20(23)21(2,24)19-22;/h24H,3-18H2,1-2H3;/q-1;+1. The Morgan fingerprint density at radius 3 is 1.40 bits per heavy atom. The van der Waals surface area contributed by atoms with Crippen molar-refractivity contribution in [2.45, 2.75) is 122 Å². The minimum absolute atomic E-state index is 0. The Kier molecular flexibility index (Phi) is 21.0. The fraction of sp³-hybridized carbons (Fsp3) is 0.905. The molecule has 0 rings (SSSR count). The molecule has 0 aliphatic carbocycles. The van der Waals surface area contributed by atoms with Crippen LogP contribution in [-0.2, 0) is 9.59 Å². The molecule has 142 valence electrons. The van der Waals surface area contributed by atoms with E-state index in [4.69, 9.17) is 0 Å². The molecule has 0 fully saturated rings. The fourth-order valence-electron chi connectivity index (χ4n) is 2.96. The van der Waals surface area contributed by atoms with Crippen LogP contribution in [0, 0.1) is 0 Å². The molecule has 0 aliphatic rings. The molecule has 25 heavy (non-hydrogen) atoms. The van der Waals surface area contributed by atoms with E-state index in [1.165, 1.54) is 90.3 Å². The summed E-state index contributed by atoms with van der Waals surface area (Å²) >= 11 is 0. The zero-order valence-electron chi connectivity index (χ0n) is 17.1. The van der Waals surface area contributed by atoms with Crippen LogP contribution >= 0.6 is 0 Å². The van der Waals surface area contributed by atoms with E-state index in [0.717, 1.165) is 19.3 Å². The summed E-state index contributed by atoms with van der Waals surface area (Å²) in [4.78, 5) is 21.9. The summed E-state index contributed by atoms with van der Waals surface area (Å²) in [6.45, 7) is 3.48. The first-order valence-electron chi connectivity index (χ1n) is 10.2. The quantitative estimate of drug-likeness (QED) is 0.177. The first-order valence-corrected chi connectivity index (χ1v) is 10.2. The SMILES string of the molecule is CCCCCCCCCCCCCCCCCC(=O)C(C)(O)[C-]=O.[Na+]. The number of rotatable bonds is 18. The molecular weight excluding hydrogens is 323 g/mol. The van der Waals surface area contributed by atoms with E-state index in [2.05, 4.69) is 6.92 Å². The van der Waals surface area contributed by atoms with Crippen molar-refractivity contribution in [2.75, 3.05) is 0 Å². The number of carbonyl (C=O) groups is 1. The van der Waals surface area contributed by atoms with Crippen molar-refractivity contribution in [1.29, 1.82) is 0 Å². The molecule has 0 spiro atoms. The average Bonchev–Trinajstić information content (AvgIpc) is 2.58. The van der Waals surface area contributed by atoms with Gasteiger partial charge in [0.25, 0.3) is 0 Å². The van der Waals surface area contributed by atoms with Crippen LogP contribution in [0.1, 0.15) is 117 Å². The second kappa shape index (κ2) is 19.1. The molecule has 1 atom stereocenters. The van der Waals surface area contributed by atoms with E-state index in [0.29, 0.717) is 0 Å². The van der Waals surface area contributed by atoms with Gasteiger partial charge in [0, 0.05) is 12.0 Å². The van der Waals surface area contributed by atoms with Gasteiger partial charge in [0.1, 0.15) is 5.78 Å². The minimum atomic E-state index is -1.91. The fourth-order valence-corrected chi connectivity index (χ4v) is 2.96. The first-order chi connectivity index (χ1) is 11.5. The first kappa shape index (κ1) is 27.5. The van der Waals surface area contributed by atoms with Crippen LogP contribution in [0.25, 0.3) is 0 Å². The van der Waals surface area contributed by atoms with Gasteiger partial charge in [-0.25, -0.2) is 6.29 Å². The Balaban J connectivity index is 0. The predicted molar refractivity (Wildman–Crippen MR) is 101 cm³/mol. The largest absolute Gasteiger partial charge is 1.00 e. The summed E-state index contributed by atoms with van der Waals surface area (Å²) in [5, 5.41) is 9.43. The maximum atomic E-state index is 11.5. The van der Waals surface area contributed by atoms with Gasteiger partial charge in [-0.05, 0) is 6.42 Å². The molecule has 0 radical (unpaired) electrons. The maximum Gasteiger partial charge on any atom is 1.00 e. The van der Waals surface area contributed by atoms with Gasteiger partial charge in [0.15, 0.2) is 0 Å². The zero-order valence-corrected chi connectivity index (χ0v) is 19.1. The summed E-state index contributed by atoms with van der Waals surface area (Å²) in [5.74, 6) is -0.410. The van der Waals surface area contributed by atoms with Crippen LogP contribution in [-0.4, -0.2) is 22.8 Å². The van der Waals surface area contributed by atoms with Crippen molar-refractivity contribution < 1.29 is 44.3 Å². The normalized spacial score (nSPS) is 13.1. The minimum Gasteiger partial charge on any atom is -0.539 e. The van der Waals surface area contributed by atoms with E-state index >= 15 is 0 Å². The molecule has 0 aromatic heterocycles. The van der Waals surface area contributed by atoms with E-state index in [1.54, 1.807) is 0 Å². The van der Waals surface area contributed by atoms with Crippen molar-refractivity contribution in [3.05, 3.63) is 0 Å². The summed E-state index contributed by atoms with van der Waals surface area (Å²) in [6, 6.07) is 0. The number of carbonyl (C=O) groups excluding carboxylic acids is 2. The molecule has 0 saturated carbocycles. The van der Waals surface area contributed by atoms with Crippen molar-refractivity contribution in [3.63, 3.8) is 0 Å².